The van der Waals surface area contributed by atoms with Gasteiger partial charge in [-0.25, -0.2) is 0 Å². The second-order valence-electron chi connectivity index (χ2n) is 5.91. The van der Waals surface area contributed by atoms with Crippen LogP contribution in [0.15, 0.2) is 18.2 Å². The van der Waals surface area contributed by atoms with Gasteiger partial charge in [0.05, 0.1) is 0 Å². The summed E-state index contributed by atoms with van der Waals surface area (Å²) in [4.78, 5) is 0. The maximum Gasteiger partial charge on any atom is 0.0468 e. The van der Waals surface area contributed by atoms with Gasteiger partial charge in [-0.05, 0) is 43.0 Å². The molecule has 20 heavy (non-hydrogen) atoms. The molecule has 0 radical (unpaired) electrons. The fraction of sp³-hybridized carbons (Fsp3) is 0.647. The van der Waals surface area contributed by atoms with Crippen LogP contribution in [0.1, 0.15) is 63.5 Å². The van der Waals surface area contributed by atoms with Gasteiger partial charge in [-0.3, -0.25) is 0 Å². The maximum atomic E-state index is 6.40. The van der Waals surface area contributed by atoms with E-state index in [1.807, 2.05) is 12.1 Å². The molecule has 0 amide bonds. The zero-order valence-corrected chi connectivity index (χ0v) is 13.8. The normalized spacial score (nSPS) is 18.1. The number of halogens is 2. The molecule has 1 saturated carbocycles. The van der Waals surface area contributed by atoms with Gasteiger partial charge in [0.2, 0.25) is 0 Å². The molecule has 1 nitrogen and oxygen atoms in total. The first-order chi connectivity index (χ1) is 9.70. The first-order valence-corrected chi connectivity index (χ1v) is 8.64. The van der Waals surface area contributed by atoms with Crippen molar-refractivity contribution in [3.8, 4) is 0 Å². The van der Waals surface area contributed by atoms with Gasteiger partial charge in [-0.2, -0.15) is 0 Å². The minimum atomic E-state index is 0.364. The van der Waals surface area contributed by atoms with Crippen molar-refractivity contribution in [3.63, 3.8) is 0 Å². The lowest BCUT2D eigenvalue weighted by Crippen LogP contribution is -2.25. The Bertz CT molecular complexity index is 413. The number of rotatable bonds is 6. The number of hydrogen-bond acceptors (Lipinski definition) is 1. The molecule has 112 valence electrons. The van der Waals surface area contributed by atoms with Crippen LogP contribution in [0, 0.1) is 5.92 Å². The third kappa shape index (κ3) is 4.65. The number of benzene rings is 1. The van der Waals surface area contributed by atoms with E-state index in [2.05, 4.69) is 18.3 Å². The SMILES string of the molecule is CCCNC(CC1CCCCC1)c1ccc(Cl)cc1Cl. The highest BCUT2D eigenvalue weighted by molar-refractivity contribution is 6.35. The van der Waals surface area contributed by atoms with Crippen LogP contribution in [0.2, 0.25) is 10.0 Å². The molecule has 1 atom stereocenters. The molecule has 1 aromatic rings. The quantitative estimate of drug-likeness (QED) is 0.678. The van der Waals surface area contributed by atoms with Crippen LogP contribution in [0.5, 0.6) is 0 Å². The standard InChI is InChI=1S/C17H25Cl2N/c1-2-10-20-17(11-13-6-4-3-5-7-13)15-9-8-14(18)12-16(15)19/h8-9,12-13,17,20H,2-7,10-11H2,1H3. The molecule has 0 spiro atoms. The van der Waals surface area contributed by atoms with Gasteiger partial charge in [0, 0.05) is 16.1 Å². The van der Waals surface area contributed by atoms with E-state index in [-0.39, 0.29) is 0 Å². The molecule has 1 unspecified atom stereocenters. The smallest absolute Gasteiger partial charge is 0.0468 e. The monoisotopic (exact) mass is 313 g/mol. The second-order valence-corrected chi connectivity index (χ2v) is 6.76. The Morgan fingerprint density at radius 3 is 2.60 bits per heavy atom. The zero-order valence-electron chi connectivity index (χ0n) is 12.3. The van der Waals surface area contributed by atoms with Gasteiger partial charge in [0.1, 0.15) is 0 Å². The van der Waals surface area contributed by atoms with E-state index in [1.165, 1.54) is 44.1 Å². The van der Waals surface area contributed by atoms with Crippen LogP contribution < -0.4 is 5.32 Å². The molecule has 3 heteroatoms. The Morgan fingerprint density at radius 2 is 1.95 bits per heavy atom. The Balaban J connectivity index is 2.08. The lowest BCUT2D eigenvalue weighted by atomic mass is 9.83. The summed E-state index contributed by atoms with van der Waals surface area (Å²) < 4.78 is 0. The minimum absolute atomic E-state index is 0.364. The summed E-state index contributed by atoms with van der Waals surface area (Å²) in [5.74, 6) is 0.838. The average molecular weight is 314 g/mol. The predicted molar refractivity (Wildman–Crippen MR) is 88.7 cm³/mol. The molecule has 1 aliphatic carbocycles. The first kappa shape index (κ1) is 16.1. The molecule has 2 rings (SSSR count). The van der Waals surface area contributed by atoms with E-state index < -0.39 is 0 Å². The van der Waals surface area contributed by atoms with Crippen LogP contribution in [0.3, 0.4) is 0 Å². The van der Waals surface area contributed by atoms with Gasteiger partial charge in [0.25, 0.3) is 0 Å². The highest BCUT2D eigenvalue weighted by atomic mass is 35.5. The molecule has 1 aromatic carbocycles. The highest BCUT2D eigenvalue weighted by Gasteiger charge is 2.21. The van der Waals surface area contributed by atoms with Gasteiger partial charge >= 0.3 is 0 Å². The fourth-order valence-corrected chi connectivity index (χ4v) is 3.72. The van der Waals surface area contributed by atoms with Crippen molar-refractivity contribution in [2.75, 3.05) is 6.54 Å². The largest absolute Gasteiger partial charge is 0.310 e. The van der Waals surface area contributed by atoms with Crippen LogP contribution in [-0.2, 0) is 0 Å². The van der Waals surface area contributed by atoms with Gasteiger partial charge in [-0.15, -0.1) is 0 Å². The molecule has 0 bridgehead atoms. The van der Waals surface area contributed by atoms with E-state index >= 15 is 0 Å². The number of nitrogens with one attached hydrogen (secondary N) is 1. The summed E-state index contributed by atoms with van der Waals surface area (Å²) in [5, 5.41) is 5.17. The average Bonchev–Trinajstić information content (AvgIpc) is 2.45. The predicted octanol–water partition coefficient (Wildman–Crippen LogP) is 6.00. The van der Waals surface area contributed by atoms with Crippen LogP contribution in [-0.4, -0.2) is 6.54 Å². The Morgan fingerprint density at radius 1 is 1.20 bits per heavy atom. The van der Waals surface area contributed by atoms with E-state index in [9.17, 15) is 0 Å². The number of hydrogen-bond donors (Lipinski definition) is 1. The Hall–Kier alpha value is -0.240. The summed E-state index contributed by atoms with van der Waals surface area (Å²) in [6.07, 6.45) is 9.27. The van der Waals surface area contributed by atoms with Crippen molar-refractivity contribution in [2.45, 2.75) is 57.9 Å². The third-order valence-electron chi connectivity index (χ3n) is 4.27. The molecule has 0 heterocycles. The fourth-order valence-electron chi connectivity index (χ4n) is 3.18. The third-order valence-corrected chi connectivity index (χ3v) is 4.83. The van der Waals surface area contributed by atoms with Crippen LogP contribution in [0.25, 0.3) is 0 Å². The van der Waals surface area contributed by atoms with Gasteiger partial charge in [-0.1, -0.05) is 68.3 Å². The van der Waals surface area contributed by atoms with Crippen molar-refractivity contribution in [1.82, 2.24) is 5.32 Å². The Kier molecular flexibility index (Phi) is 6.67. The lowest BCUT2D eigenvalue weighted by Gasteiger charge is -2.28. The van der Waals surface area contributed by atoms with E-state index in [4.69, 9.17) is 23.2 Å². The van der Waals surface area contributed by atoms with Crippen molar-refractivity contribution in [3.05, 3.63) is 33.8 Å². The molecule has 0 aromatic heterocycles. The van der Waals surface area contributed by atoms with Crippen molar-refractivity contribution in [1.29, 1.82) is 0 Å². The summed E-state index contributed by atoms with van der Waals surface area (Å²) in [6, 6.07) is 6.26. The molecule has 0 aliphatic heterocycles. The van der Waals surface area contributed by atoms with Gasteiger partial charge < -0.3 is 5.32 Å². The Labute approximate surface area is 133 Å². The summed E-state index contributed by atoms with van der Waals surface area (Å²) in [6.45, 7) is 3.24. The lowest BCUT2D eigenvalue weighted by molar-refractivity contribution is 0.300. The summed E-state index contributed by atoms with van der Waals surface area (Å²) >= 11 is 12.4. The van der Waals surface area contributed by atoms with E-state index in [0.29, 0.717) is 11.1 Å². The molecular weight excluding hydrogens is 289 g/mol. The second kappa shape index (κ2) is 8.26. The summed E-state index contributed by atoms with van der Waals surface area (Å²) in [7, 11) is 0. The summed E-state index contributed by atoms with van der Waals surface area (Å²) in [5.41, 5.74) is 1.20. The first-order valence-electron chi connectivity index (χ1n) is 7.89. The highest BCUT2D eigenvalue weighted by Crippen LogP contribution is 2.35. The van der Waals surface area contributed by atoms with Crippen molar-refractivity contribution < 1.29 is 0 Å². The molecule has 1 N–H and O–H groups in total. The molecule has 1 aliphatic rings. The van der Waals surface area contributed by atoms with Gasteiger partial charge in [0.15, 0.2) is 0 Å². The molecule has 1 fully saturated rings. The topological polar surface area (TPSA) is 12.0 Å². The van der Waals surface area contributed by atoms with Crippen LogP contribution >= 0.6 is 23.2 Å². The van der Waals surface area contributed by atoms with Crippen LogP contribution in [0.4, 0.5) is 0 Å². The zero-order chi connectivity index (χ0) is 14.4. The molecular formula is C17H25Cl2N. The maximum absolute atomic E-state index is 6.40. The van der Waals surface area contributed by atoms with E-state index in [1.54, 1.807) is 0 Å². The minimum Gasteiger partial charge on any atom is -0.310 e. The van der Waals surface area contributed by atoms with E-state index in [0.717, 1.165) is 23.9 Å². The van der Waals surface area contributed by atoms with Crippen molar-refractivity contribution >= 4 is 23.2 Å². The van der Waals surface area contributed by atoms with Crippen molar-refractivity contribution in [2.24, 2.45) is 5.92 Å². The molecule has 0 saturated heterocycles.